The highest BCUT2D eigenvalue weighted by atomic mass is 16.2. The summed E-state index contributed by atoms with van der Waals surface area (Å²) in [6.07, 6.45) is 0.765. The van der Waals surface area contributed by atoms with Crippen molar-refractivity contribution in [2.75, 3.05) is 13.6 Å². The Morgan fingerprint density at radius 1 is 1.21 bits per heavy atom. The lowest BCUT2D eigenvalue weighted by Gasteiger charge is -2.23. The standard InChI is InChI=1S/C11H24N2O/c1-8(2)6-10(12)11(14)13(5)7-9(3)4/h8-10H,6-7,12H2,1-5H3/t10-/m0/s1. The van der Waals surface area contributed by atoms with Gasteiger partial charge in [-0.3, -0.25) is 4.79 Å². The molecule has 3 heteroatoms. The molecule has 0 rings (SSSR count). The molecule has 0 spiro atoms. The topological polar surface area (TPSA) is 46.3 Å². The van der Waals surface area contributed by atoms with Gasteiger partial charge in [-0.05, 0) is 18.3 Å². The monoisotopic (exact) mass is 200 g/mol. The van der Waals surface area contributed by atoms with E-state index < -0.39 is 0 Å². The molecule has 0 heterocycles. The van der Waals surface area contributed by atoms with Crippen LogP contribution in [0.5, 0.6) is 0 Å². The minimum atomic E-state index is -0.334. The van der Waals surface area contributed by atoms with E-state index in [0.717, 1.165) is 13.0 Å². The van der Waals surface area contributed by atoms with E-state index in [1.54, 1.807) is 4.90 Å². The van der Waals surface area contributed by atoms with E-state index in [1.165, 1.54) is 0 Å². The molecule has 0 aliphatic carbocycles. The molecule has 0 aromatic heterocycles. The van der Waals surface area contributed by atoms with Gasteiger partial charge in [0.15, 0.2) is 0 Å². The summed E-state index contributed by atoms with van der Waals surface area (Å²) in [5.41, 5.74) is 5.80. The van der Waals surface area contributed by atoms with Gasteiger partial charge >= 0.3 is 0 Å². The van der Waals surface area contributed by atoms with Crippen LogP contribution in [0.2, 0.25) is 0 Å². The fraction of sp³-hybridized carbons (Fsp3) is 0.909. The largest absolute Gasteiger partial charge is 0.344 e. The van der Waals surface area contributed by atoms with E-state index in [-0.39, 0.29) is 11.9 Å². The average molecular weight is 200 g/mol. The lowest BCUT2D eigenvalue weighted by Crippen LogP contribution is -2.43. The van der Waals surface area contributed by atoms with Gasteiger partial charge in [0.05, 0.1) is 6.04 Å². The van der Waals surface area contributed by atoms with E-state index in [9.17, 15) is 4.79 Å². The first-order valence-corrected chi connectivity index (χ1v) is 5.35. The summed E-state index contributed by atoms with van der Waals surface area (Å²) in [6.45, 7) is 9.13. The lowest BCUT2D eigenvalue weighted by atomic mass is 10.0. The van der Waals surface area contributed by atoms with Gasteiger partial charge in [-0.1, -0.05) is 27.7 Å². The van der Waals surface area contributed by atoms with Crippen LogP contribution in [0.3, 0.4) is 0 Å². The fourth-order valence-corrected chi connectivity index (χ4v) is 1.53. The van der Waals surface area contributed by atoms with Crippen LogP contribution in [-0.2, 0) is 4.79 Å². The van der Waals surface area contributed by atoms with Crippen LogP contribution >= 0.6 is 0 Å². The molecule has 0 bridgehead atoms. The van der Waals surface area contributed by atoms with Gasteiger partial charge in [-0.15, -0.1) is 0 Å². The van der Waals surface area contributed by atoms with Crippen molar-refractivity contribution in [3.8, 4) is 0 Å². The van der Waals surface area contributed by atoms with Crippen LogP contribution < -0.4 is 5.73 Å². The summed E-state index contributed by atoms with van der Waals surface area (Å²) in [6, 6.07) is -0.334. The van der Waals surface area contributed by atoms with E-state index in [2.05, 4.69) is 27.7 Å². The fourth-order valence-electron chi connectivity index (χ4n) is 1.53. The Morgan fingerprint density at radius 3 is 2.07 bits per heavy atom. The first-order valence-electron chi connectivity index (χ1n) is 5.35. The molecular weight excluding hydrogens is 176 g/mol. The summed E-state index contributed by atoms with van der Waals surface area (Å²) < 4.78 is 0. The quantitative estimate of drug-likeness (QED) is 0.730. The first kappa shape index (κ1) is 13.4. The number of nitrogens with two attached hydrogens (primary N) is 1. The predicted molar refractivity (Wildman–Crippen MR) is 59.9 cm³/mol. The van der Waals surface area contributed by atoms with Gasteiger partial charge in [0.25, 0.3) is 0 Å². The van der Waals surface area contributed by atoms with Crippen molar-refractivity contribution < 1.29 is 4.79 Å². The Hall–Kier alpha value is -0.570. The third-order valence-electron chi connectivity index (χ3n) is 2.06. The summed E-state index contributed by atoms with van der Waals surface area (Å²) in [4.78, 5) is 13.4. The van der Waals surface area contributed by atoms with Crippen LogP contribution in [0.4, 0.5) is 0 Å². The van der Waals surface area contributed by atoms with Crippen LogP contribution in [0.15, 0.2) is 0 Å². The van der Waals surface area contributed by atoms with Gasteiger partial charge < -0.3 is 10.6 Å². The molecule has 84 valence electrons. The Kier molecular flexibility index (Phi) is 5.77. The Labute approximate surface area is 87.6 Å². The number of carbonyl (C=O) groups is 1. The van der Waals surface area contributed by atoms with E-state index in [4.69, 9.17) is 5.73 Å². The second-order valence-corrected chi connectivity index (χ2v) is 4.85. The second kappa shape index (κ2) is 6.02. The summed E-state index contributed by atoms with van der Waals surface area (Å²) >= 11 is 0. The number of rotatable bonds is 5. The summed E-state index contributed by atoms with van der Waals surface area (Å²) in [7, 11) is 1.82. The highest BCUT2D eigenvalue weighted by Gasteiger charge is 2.19. The van der Waals surface area contributed by atoms with Crippen LogP contribution in [-0.4, -0.2) is 30.4 Å². The Morgan fingerprint density at radius 2 is 1.71 bits per heavy atom. The molecule has 0 radical (unpaired) electrons. The SMILES string of the molecule is CC(C)C[C@H](N)C(=O)N(C)CC(C)C. The maximum Gasteiger partial charge on any atom is 0.239 e. The molecule has 0 aromatic carbocycles. The number of hydrogen-bond donors (Lipinski definition) is 1. The van der Waals surface area contributed by atoms with Gasteiger partial charge in [0.1, 0.15) is 0 Å². The molecule has 1 amide bonds. The van der Waals surface area contributed by atoms with Gasteiger partial charge in [-0.2, -0.15) is 0 Å². The summed E-state index contributed by atoms with van der Waals surface area (Å²) in [5, 5.41) is 0. The van der Waals surface area contributed by atoms with E-state index in [0.29, 0.717) is 11.8 Å². The second-order valence-electron chi connectivity index (χ2n) is 4.85. The first-order chi connectivity index (χ1) is 6.34. The normalized spacial score (nSPS) is 13.4. The minimum absolute atomic E-state index is 0.0624. The van der Waals surface area contributed by atoms with Crippen molar-refractivity contribution in [3.63, 3.8) is 0 Å². The zero-order chi connectivity index (χ0) is 11.3. The Bertz CT molecular complexity index is 160. The van der Waals surface area contributed by atoms with Crippen molar-refractivity contribution in [1.29, 1.82) is 0 Å². The van der Waals surface area contributed by atoms with Crippen molar-refractivity contribution in [3.05, 3.63) is 0 Å². The van der Waals surface area contributed by atoms with Crippen LogP contribution in [0.25, 0.3) is 0 Å². The van der Waals surface area contributed by atoms with Crippen molar-refractivity contribution >= 4 is 5.91 Å². The van der Waals surface area contributed by atoms with Crippen molar-refractivity contribution in [2.45, 2.75) is 40.2 Å². The third-order valence-corrected chi connectivity index (χ3v) is 2.06. The number of carbonyl (C=O) groups excluding carboxylic acids is 1. The van der Waals surface area contributed by atoms with Crippen molar-refractivity contribution in [1.82, 2.24) is 4.90 Å². The maximum absolute atomic E-state index is 11.7. The van der Waals surface area contributed by atoms with E-state index in [1.807, 2.05) is 7.05 Å². The molecule has 0 fully saturated rings. The van der Waals surface area contributed by atoms with Crippen LogP contribution in [0.1, 0.15) is 34.1 Å². The van der Waals surface area contributed by atoms with Gasteiger partial charge in [0.2, 0.25) is 5.91 Å². The molecule has 1 atom stereocenters. The van der Waals surface area contributed by atoms with Gasteiger partial charge in [0, 0.05) is 13.6 Å². The van der Waals surface area contributed by atoms with Crippen LogP contribution in [0, 0.1) is 11.8 Å². The highest BCUT2D eigenvalue weighted by molar-refractivity contribution is 5.81. The molecule has 0 aromatic rings. The van der Waals surface area contributed by atoms with Crippen molar-refractivity contribution in [2.24, 2.45) is 17.6 Å². The smallest absolute Gasteiger partial charge is 0.239 e. The number of amides is 1. The molecular formula is C11H24N2O. The Balaban J connectivity index is 4.04. The third kappa shape index (κ3) is 5.22. The number of likely N-dealkylation sites (N-methyl/N-ethyl adjacent to an activating group) is 1. The predicted octanol–water partition coefficient (Wildman–Crippen LogP) is 1.47. The zero-order valence-electron chi connectivity index (χ0n) is 10.1. The summed E-state index contributed by atoms with van der Waals surface area (Å²) in [5.74, 6) is 1.03. The highest BCUT2D eigenvalue weighted by Crippen LogP contribution is 2.06. The number of hydrogen-bond acceptors (Lipinski definition) is 2. The molecule has 3 nitrogen and oxygen atoms in total. The molecule has 14 heavy (non-hydrogen) atoms. The molecule has 2 N–H and O–H groups in total. The van der Waals surface area contributed by atoms with Gasteiger partial charge in [-0.25, -0.2) is 0 Å². The molecule has 0 aliphatic rings. The maximum atomic E-state index is 11.7. The average Bonchev–Trinajstić information content (AvgIpc) is 2.00. The minimum Gasteiger partial charge on any atom is -0.344 e. The molecule has 0 saturated heterocycles. The van der Waals surface area contributed by atoms with E-state index >= 15 is 0 Å². The zero-order valence-corrected chi connectivity index (χ0v) is 10.1. The number of nitrogens with zero attached hydrogens (tertiary/aromatic N) is 1. The molecule has 0 unspecified atom stereocenters. The lowest BCUT2D eigenvalue weighted by molar-refractivity contribution is -0.132. The molecule has 0 aliphatic heterocycles. The molecule has 0 saturated carbocycles.